The second kappa shape index (κ2) is 5.83. The summed E-state index contributed by atoms with van der Waals surface area (Å²) in [6.07, 6.45) is 2.72. The zero-order chi connectivity index (χ0) is 13.1. The molecule has 1 saturated heterocycles. The lowest BCUT2D eigenvalue weighted by atomic mass is 9.74. The number of aliphatic hydroxyl groups excluding tert-OH is 1. The Labute approximate surface area is 104 Å². The second-order valence-electron chi connectivity index (χ2n) is 5.35. The molecule has 0 aromatic rings. The molecular weight excluding hydrogens is 218 g/mol. The highest BCUT2D eigenvalue weighted by Gasteiger charge is 2.41. The molecule has 100 valence electrons. The van der Waals surface area contributed by atoms with Crippen molar-refractivity contribution in [3.05, 3.63) is 0 Å². The number of rotatable bonds is 5. The molecule has 0 radical (unpaired) electrons. The van der Waals surface area contributed by atoms with Gasteiger partial charge in [-0.15, -0.1) is 0 Å². The summed E-state index contributed by atoms with van der Waals surface area (Å²) in [6, 6.07) is 0.114. The van der Waals surface area contributed by atoms with E-state index in [0.717, 1.165) is 25.9 Å². The topological polar surface area (TPSA) is 60.8 Å². The highest BCUT2D eigenvalue weighted by molar-refractivity contribution is 5.74. The van der Waals surface area contributed by atoms with Crippen LogP contribution >= 0.6 is 0 Å². The highest BCUT2D eigenvalue weighted by atomic mass is 16.4. The van der Waals surface area contributed by atoms with Gasteiger partial charge in [-0.1, -0.05) is 13.3 Å². The van der Waals surface area contributed by atoms with Gasteiger partial charge >= 0.3 is 5.97 Å². The maximum Gasteiger partial charge on any atom is 0.309 e. The van der Waals surface area contributed by atoms with E-state index in [4.69, 9.17) is 0 Å². The summed E-state index contributed by atoms with van der Waals surface area (Å²) >= 11 is 0. The van der Waals surface area contributed by atoms with Crippen LogP contribution in [0, 0.1) is 5.41 Å². The average molecular weight is 243 g/mol. The van der Waals surface area contributed by atoms with Gasteiger partial charge in [0, 0.05) is 6.04 Å². The van der Waals surface area contributed by atoms with E-state index in [9.17, 15) is 15.0 Å². The molecular formula is C13H25NO3. The van der Waals surface area contributed by atoms with Crippen molar-refractivity contribution < 1.29 is 15.0 Å². The Bertz CT molecular complexity index is 257. The largest absolute Gasteiger partial charge is 0.481 e. The molecule has 0 aromatic heterocycles. The van der Waals surface area contributed by atoms with E-state index in [0.29, 0.717) is 12.8 Å². The Morgan fingerprint density at radius 1 is 1.35 bits per heavy atom. The van der Waals surface area contributed by atoms with Crippen molar-refractivity contribution in [2.24, 2.45) is 5.41 Å². The number of hydrogen-bond donors (Lipinski definition) is 2. The zero-order valence-electron chi connectivity index (χ0n) is 11.1. The average Bonchev–Trinajstić information content (AvgIpc) is 2.29. The molecule has 1 aliphatic rings. The monoisotopic (exact) mass is 243 g/mol. The summed E-state index contributed by atoms with van der Waals surface area (Å²) in [5.41, 5.74) is -0.524. The van der Waals surface area contributed by atoms with Gasteiger partial charge in [0.1, 0.15) is 0 Å². The molecule has 17 heavy (non-hydrogen) atoms. The number of likely N-dealkylation sites (tertiary alicyclic amines) is 1. The summed E-state index contributed by atoms with van der Waals surface area (Å²) in [5.74, 6) is -0.649. The lowest BCUT2D eigenvalue weighted by molar-refractivity contribution is -0.153. The first-order valence-corrected chi connectivity index (χ1v) is 6.58. The predicted molar refractivity (Wildman–Crippen MR) is 66.9 cm³/mol. The molecule has 2 unspecified atom stereocenters. The van der Waals surface area contributed by atoms with E-state index >= 15 is 0 Å². The standard InChI is InChI=1S/C13H25NO3/c1-4-5-13(12(16)17)6-8-14(9-7-13)10(2)11(3)15/h10-11,15H,4-9H2,1-3H3,(H,16,17). The van der Waals surface area contributed by atoms with Gasteiger partial charge in [-0.25, -0.2) is 0 Å². The van der Waals surface area contributed by atoms with E-state index in [1.165, 1.54) is 0 Å². The summed E-state index contributed by atoms with van der Waals surface area (Å²) in [4.78, 5) is 13.6. The Kier molecular flexibility index (Phi) is 4.95. The summed E-state index contributed by atoms with van der Waals surface area (Å²) in [5, 5.41) is 18.9. The van der Waals surface area contributed by atoms with E-state index in [1.807, 2.05) is 13.8 Å². The van der Waals surface area contributed by atoms with E-state index in [-0.39, 0.29) is 12.1 Å². The SMILES string of the molecule is CCCC1(C(=O)O)CCN(C(C)C(C)O)CC1. The smallest absolute Gasteiger partial charge is 0.309 e. The lowest BCUT2D eigenvalue weighted by Gasteiger charge is -2.42. The molecule has 1 heterocycles. The van der Waals surface area contributed by atoms with Crippen molar-refractivity contribution in [2.75, 3.05) is 13.1 Å². The zero-order valence-corrected chi connectivity index (χ0v) is 11.1. The minimum atomic E-state index is -0.649. The highest BCUT2D eigenvalue weighted by Crippen LogP contribution is 2.37. The van der Waals surface area contributed by atoms with E-state index in [2.05, 4.69) is 4.90 Å². The van der Waals surface area contributed by atoms with Gasteiger partial charge in [-0.2, -0.15) is 0 Å². The molecule has 0 aromatic carbocycles. The molecule has 0 bridgehead atoms. The van der Waals surface area contributed by atoms with Crippen molar-refractivity contribution in [1.29, 1.82) is 0 Å². The van der Waals surface area contributed by atoms with Gasteiger partial charge in [0.05, 0.1) is 11.5 Å². The number of nitrogens with zero attached hydrogens (tertiary/aromatic N) is 1. The summed E-state index contributed by atoms with van der Waals surface area (Å²) in [6.45, 7) is 7.38. The van der Waals surface area contributed by atoms with Crippen LogP contribution in [0.25, 0.3) is 0 Å². The van der Waals surface area contributed by atoms with Crippen molar-refractivity contribution in [3.8, 4) is 0 Å². The van der Waals surface area contributed by atoms with Crippen LogP contribution in [0.2, 0.25) is 0 Å². The van der Waals surface area contributed by atoms with Crippen LogP contribution in [0.3, 0.4) is 0 Å². The minimum absolute atomic E-state index is 0.114. The minimum Gasteiger partial charge on any atom is -0.481 e. The Hall–Kier alpha value is -0.610. The predicted octanol–water partition coefficient (Wildman–Crippen LogP) is 1.72. The number of piperidine rings is 1. The first-order valence-electron chi connectivity index (χ1n) is 6.58. The third-order valence-electron chi connectivity index (χ3n) is 4.21. The molecule has 1 aliphatic heterocycles. The third-order valence-corrected chi connectivity index (χ3v) is 4.21. The van der Waals surface area contributed by atoms with Gasteiger partial charge in [-0.05, 0) is 46.2 Å². The fraction of sp³-hybridized carbons (Fsp3) is 0.923. The molecule has 2 atom stereocenters. The Balaban J connectivity index is 2.61. The molecule has 4 nitrogen and oxygen atoms in total. The lowest BCUT2D eigenvalue weighted by Crippen LogP contribution is -2.50. The van der Waals surface area contributed by atoms with Gasteiger partial charge in [0.15, 0.2) is 0 Å². The first kappa shape index (κ1) is 14.5. The molecule has 2 N–H and O–H groups in total. The van der Waals surface area contributed by atoms with Crippen LogP contribution in [0.5, 0.6) is 0 Å². The molecule has 0 saturated carbocycles. The molecule has 1 rings (SSSR count). The normalized spacial score (nSPS) is 24.2. The number of carbonyl (C=O) groups is 1. The van der Waals surface area contributed by atoms with Crippen molar-refractivity contribution in [3.63, 3.8) is 0 Å². The second-order valence-corrected chi connectivity index (χ2v) is 5.35. The number of carboxylic acid groups (broad SMARTS) is 1. The first-order chi connectivity index (χ1) is 7.93. The Morgan fingerprint density at radius 2 is 1.88 bits per heavy atom. The van der Waals surface area contributed by atoms with Gasteiger partial charge in [0.25, 0.3) is 0 Å². The van der Waals surface area contributed by atoms with Crippen molar-refractivity contribution in [2.45, 2.75) is 58.6 Å². The van der Waals surface area contributed by atoms with Crippen LogP contribution in [0.1, 0.15) is 46.5 Å². The maximum atomic E-state index is 11.4. The van der Waals surface area contributed by atoms with E-state index in [1.54, 1.807) is 6.92 Å². The molecule has 0 spiro atoms. The van der Waals surface area contributed by atoms with Crippen LogP contribution < -0.4 is 0 Å². The molecule has 1 fully saturated rings. The molecule has 4 heteroatoms. The number of aliphatic carboxylic acids is 1. The van der Waals surface area contributed by atoms with Gasteiger partial charge in [0.2, 0.25) is 0 Å². The van der Waals surface area contributed by atoms with Crippen LogP contribution in [-0.4, -0.2) is 46.3 Å². The summed E-state index contributed by atoms with van der Waals surface area (Å²) < 4.78 is 0. The van der Waals surface area contributed by atoms with Crippen LogP contribution in [0.4, 0.5) is 0 Å². The van der Waals surface area contributed by atoms with Crippen LogP contribution in [0.15, 0.2) is 0 Å². The summed E-state index contributed by atoms with van der Waals surface area (Å²) in [7, 11) is 0. The molecule has 0 amide bonds. The number of aliphatic hydroxyl groups is 1. The van der Waals surface area contributed by atoms with Gasteiger partial charge < -0.3 is 10.2 Å². The maximum absolute atomic E-state index is 11.4. The number of carboxylic acids is 1. The Morgan fingerprint density at radius 3 is 2.24 bits per heavy atom. The van der Waals surface area contributed by atoms with Crippen molar-refractivity contribution >= 4 is 5.97 Å². The number of hydrogen-bond acceptors (Lipinski definition) is 3. The molecule has 0 aliphatic carbocycles. The van der Waals surface area contributed by atoms with E-state index < -0.39 is 11.4 Å². The van der Waals surface area contributed by atoms with Crippen LogP contribution in [-0.2, 0) is 4.79 Å². The quantitative estimate of drug-likeness (QED) is 0.772. The third kappa shape index (κ3) is 3.19. The van der Waals surface area contributed by atoms with Crippen molar-refractivity contribution in [1.82, 2.24) is 4.90 Å². The fourth-order valence-electron chi connectivity index (χ4n) is 2.71. The van der Waals surface area contributed by atoms with Gasteiger partial charge in [-0.3, -0.25) is 9.69 Å². The fourth-order valence-corrected chi connectivity index (χ4v) is 2.71.